The fourth-order valence-corrected chi connectivity index (χ4v) is 5.66. The second kappa shape index (κ2) is 7.59. The molecule has 1 atom stereocenters. The number of benzene rings is 2. The average molecular weight is 467 g/mol. The zero-order valence-electron chi connectivity index (χ0n) is 18.3. The molecule has 8 nitrogen and oxygen atoms in total. The van der Waals surface area contributed by atoms with Gasteiger partial charge in [0.25, 0.3) is 5.91 Å². The van der Waals surface area contributed by atoms with Crippen LogP contribution in [0.5, 0.6) is 0 Å². The monoisotopic (exact) mass is 466 g/mol. The van der Waals surface area contributed by atoms with Gasteiger partial charge in [0.1, 0.15) is 0 Å². The maximum absolute atomic E-state index is 13.5. The summed E-state index contributed by atoms with van der Waals surface area (Å²) in [4.78, 5) is 56.2. The number of anilines is 2. The molecule has 1 spiro atoms. The van der Waals surface area contributed by atoms with Gasteiger partial charge in [-0.3, -0.25) is 24.2 Å². The molecule has 2 fully saturated rings. The first-order valence-corrected chi connectivity index (χ1v) is 11.2. The Morgan fingerprint density at radius 3 is 2.45 bits per heavy atom. The molecule has 9 heteroatoms. The SMILES string of the molecule is CN1C(=O)N(C)C(=O)C2(Cc3cc(NC(=O)c4ccccc4Cl)ccc3N3CCC[C@@H]32)C1=O. The molecule has 3 aliphatic heterocycles. The predicted molar refractivity (Wildman–Crippen MR) is 123 cm³/mol. The normalized spacial score (nSPS) is 21.4. The Morgan fingerprint density at radius 2 is 1.76 bits per heavy atom. The van der Waals surface area contributed by atoms with Gasteiger partial charge in [-0.15, -0.1) is 0 Å². The molecular formula is C24H23ClN4O4. The highest BCUT2D eigenvalue weighted by Crippen LogP contribution is 2.49. The van der Waals surface area contributed by atoms with Crippen LogP contribution in [-0.2, 0) is 16.0 Å². The number of carbonyl (C=O) groups excluding carboxylic acids is 4. The number of halogens is 1. The van der Waals surface area contributed by atoms with Crippen LogP contribution in [-0.4, -0.2) is 60.2 Å². The summed E-state index contributed by atoms with van der Waals surface area (Å²) in [5.41, 5.74) is 1.25. The standard InChI is InChI=1S/C24H23ClN4O4/c1-27-21(31)24(22(32)28(2)23(27)33)13-14-12-15(9-10-18(14)29-11-5-8-19(24)29)26-20(30)16-6-3-4-7-17(16)25/h3-4,6-7,9-10,12,19H,5,8,11,13H2,1-2H3,(H,26,30)/t19-/m1/s1. The number of hydrogen-bond acceptors (Lipinski definition) is 5. The van der Waals surface area contributed by atoms with E-state index in [4.69, 9.17) is 11.6 Å². The van der Waals surface area contributed by atoms with Crippen molar-refractivity contribution in [2.45, 2.75) is 25.3 Å². The van der Waals surface area contributed by atoms with E-state index < -0.39 is 23.3 Å². The molecular weight excluding hydrogens is 444 g/mol. The maximum atomic E-state index is 13.5. The summed E-state index contributed by atoms with van der Waals surface area (Å²) in [5.74, 6) is -1.28. The summed E-state index contributed by atoms with van der Waals surface area (Å²) in [6, 6.07) is 11.4. The molecule has 0 aliphatic carbocycles. The van der Waals surface area contributed by atoms with E-state index in [9.17, 15) is 19.2 Å². The van der Waals surface area contributed by atoms with Crippen LogP contribution in [0.1, 0.15) is 28.8 Å². The van der Waals surface area contributed by atoms with Crippen LogP contribution in [0.2, 0.25) is 5.02 Å². The Morgan fingerprint density at radius 1 is 1.06 bits per heavy atom. The number of nitrogens with one attached hydrogen (secondary N) is 1. The van der Waals surface area contributed by atoms with Crippen molar-refractivity contribution in [2.75, 3.05) is 30.9 Å². The van der Waals surface area contributed by atoms with Crippen molar-refractivity contribution in [3.8, 4) is 0 Å². The Balaban J connectivity index is 1.54. The number of urea groups is 1. The van der Waals surface area contributed by atoms with Crippen molar-refractivity contribution in [3.05, 3.63) is 58.6 Å². The lowest BCUT2D eigenvalue weighted by Crippen LogP contribution is -2.70. The number of hydrogen-bond donors (Lipinski definition) is 1. The van der Waals surface area contributed by atoms with Crippen LogP contribution in [0.3, 0.4) is 0 Å². The Labute approximate surface area is 196 Å². The third-order valence-corrected chi connectivity index (χ3v) is 7.33. The molecule has 3 heterocycles. The van der Waals surface area contributed by atoms with Gasteiger partial charge in [-0.05, 0) is 55.2 Å². The van der Waals surface area contributed by atoms with Crippen LogP contribution < -0.4 is 10.2 Å². The highest BCUT2D eigenvalue weighted by atomic mass is 35.5. The molecule has 33 heavy (non-hydrogen) atoms. The quantitative estimate of drug-likeness (QED) is 0.687. The van der Waals surface area contributed by atoms with E-state index in [-0.39, 0.29) is 18.4 Å². The lowest BCUT2D eigenvalue weighted by atomic mass is 9.68. The highest BCUT2D eigenvalue weighted by molar-refractivity contribution is 6.34. The largest absolute Gasteiger partial charge is 0.367 e. The van der Waals surface area contributed by atoms with Gasteiger partial charge in [0.15, 0.2) is 5.41 Å². The lowest BCUT2D eigenvalue weighted by Gasteiger charge is -2.50. The predicted octanol–water partition coefficient (Wildman–Crippen LogP) is 3.15. The Kier molecular flexibility index (Phi) is 4.93. The molecule has 5 amide bonds. The van der Waals surface area contributed by atoms with Crippen molar-refractivity contribution in [1.82, 2.24) is 9.80 Å². The van der Waals surface area contributed by atoms with Crippen molar-refractivity contribution in [1.29, 1.82) is 0 Å². The van der Waals surface area contributed by atoms with Crippen molar-refractivity contribution in [2.24, 2.45) is 5.41 Å². The number of amides is 5. The Bertz CT molecular complexity index is 1190. The molecule has 0 bridgehead atoms. The first-order valence-electron chi connectivity index (χ1n) is 10.8. The number of carbonyl (C=O) groups is 4. The molecule has 0 radical (unpaired) electrons. The zero-order valence-corrected chi connectivity index (χ0v) is 19.1. The number of imide groups is 2. The lowest BCUT2D eigenvalue weighted by molar-refractivity contribution is -0.159. The summed E-state index contributed by atoms with van der Waals surface area (Å²) < 4.78 is 0. The minimum Gasteiger partial charge on any atom is -0.367 e. The summed E-state index contributed by atoms with van der Waals surface area (Å²) in [6.07, 6.45) is 1.70. The van der Waals surface area contributed by atoms with E-state index in [0.717, 1.165) is 27.5 Å². The van der Waals surface area contributed by atoms with Crippen LogP contribution in [0, 0.1) is 5.41 Å². The van der Waals surface area contributed by atoms with Crippen LogP contribution in [0.25, 0.3) is 0 Å². The van der Waals surface area contributed by atoms with Gasteiger partial charge < -0.3 is 10.2 Å². The molecule has 170 valence electrons. The van der Waals surface area contributed by atoms with E-state index in [2.05, 4.69) is 10.2 Å². The fourth-order valence-electron chi connectivity index (χ4n) is 5.44. The molecule has 2 aromatic carbocycles. The smallest absolute Gasteiger partial charge is 0.332 e. The van der Waals surface area contributed by atoms with Gasteiger partial charge in [0.2, 0.25) is 11.8 Å². The van der Waals surface area contributed by atoms with Gasteiger partial charge in [0.05, 0.1) is 16.6 Å². The molecule has 2 aromatic rings. The second-order valence-corrected chi connectivity index (χ2v) is 9.20. The number of fused-ring (bicyclic) bond motifs is 4. The van der Waals surface area contributed by atoms with E-state index in [1.807, 2.05) is 12.1 Å². The van der Waals surface area contributed by atoms with E-state index >= 15 is 0 Å². The first-order chi connectivity index (χ1) is 15.8. The van der Waals surface area contributed by atoms with Crippen LogP contribution in [0.15, 0.2) is 42.5 Å². The molecule has 3 aliphatic rings. The van der Waals surface area contributed by atoms with Crippen molar-refractivity contribution < 1.29 is 19.2 Å². The summed E-state index contributed by atoms with van der Waals surface area (Å²) in [6.45, 7) is 0.715. The van der Waals surface area contributed by atoms with Crippen molar-refractivity contribution >= 4 is 46.7 Å². The minimum absolute atomic E-state index is 0.166. The van der Waals surface area contributed by atoms with Crippen LogP contribution in [0.4, 0.5) is 16.2 Å². The first kappa shape index (κ1) is 21.5. The third-order valence-electron chi connectivity index (χ3n) is 7.00. The van der Waals surface area contributed by atoms with E-state index in [1.165, 1.54) is 14.1 Å². The van der Waals surface area contributed by atoms with E-state index in [1.54, 1.807) is 30.3 Å². The number of rotatable bonds is 2. The topological polar surface area (TPSA) is 90.0 Å². The van der Waals surface area contributed by atoms with Crippen molar-refractivity contribution in [3.63, 3.8) is 0 Å². The van der Waals surface area contributed by atoms with Gasteiger partial charge in [-0.1, -0.05) is 23.7 Å². The number of nitrogens with zero attached hydrogens (tertiary/aromatic N) is 3. The minimum atomic E-state index is -1.37. The summed E-state index contributed by atoms with van der Waals surface area (Å²) in [5, 5.41) is 3.21. The van der Waals surface area contributed by atoms with Gasteiger partial charge in [-0.2, -0.15) is 0 Å². The Hall–Kier alpha value is -3.39. The molecule has 5 rings (SSSR count). The van der Waals surface area contributed by atoms with Crippen LogP contribution >= 0.6 is 11.6 Å². The third kappa shape index (κ3) is 3.04. The number of barbiturate groups is 1. The maximum Gasteiger partial charge on any atom is 0.332 e. The fraction of sp³-hybridized carbons (Fsp3) is 0.333. The summed E-state index contributed by atoms with van der Waals surface area (Å²) in [7, 11) is 2.84. The molecule has 1 N–H and O–H groups in total. The molecule has 0 unspecified atom stereocenters. The van der Waals surface area contributed by atoms with Gasteiger partial charge in [0, 0.05) is 32.0 Å². The van der Waals surface area contributed by atoms with E-state index in [0.29, 0.717) is 29.2 Å². The molecule has 0 aromatic heterocycles. The second-order valence-electron chi connectivity index (χ2n) is 8.79. The van der Waals surface area contributed by atoms with Gasteiger partial charge in [-0.25, -0.2) is 4.79 Å². The highest BCUT2D eigenvalue weighted by Gasteiger charge is 2.63. The average Bonchev–Trinajstić information content (AvgIpc) is 3.31. The zero-order chi connectivity index (χ0) is 23.5. The molecule has 2 saturated heterocycles. The molecule has 0 saturated carbocycles. The van der Waals surface area contributed by atoms with Gasteiger partial charge >= 0.3 is 6.03 Å². The summed E-state index contributed by atoms with van der Waals surface area (Å²) >= 11 is 6.15.